The van der Waals surface area contributed by atoms with Crippen molar-refractivity contribution in [3.05, 3.63) is 0 Å². The van der Waals surface area contributed by atoms with E-state index in [1.54, 1.807) is 6.92 Å². The molecular formula is C11H15F3N2O3. The molecule has 0 bridgehead atoms. The molecule has 1 heterocycles. The van der Waals surface area contributed by atoms with E-state index in [-0.39, 0.29) is 30.8 Å². The lowest BCUT2D eigenvalue weighted by atomic mass is 9.90. The molecule has 1 aliphatic carbocycles. The second kappa shape index (κ2) is 4.66. The van der Waals surface area contributed by atoms with Crippen LogP contribution in [0.3, 0.4) is 0 Å². The number of carbonyl (C=O) groups is 2. The summed E-state index contributed by atoms with van der Waals surface area (Å²) in [5.41, 5.74) is -1.05. The lowest BCUT2D eigenvalue weighted by molar-refractivity contribution is -0.325. The average Bonchev–Trinajstić information content (AvgIpc) is 3.11. The van der Waals surface area contributed by atoms with Gasteiger partial charge in [-0.15, -0.1) is 13.2 Å². The third-order valence-corrected chi connectivity index (χ3v) is 3.67. The minimum Gasteiger partial charge on any atom is -0.345 e. The number of nitrogens with zero attached hydrogens (tertiary/aromatic N) is 1. The molecular weight excluding hydrogens is 265 g/mol. The summed E-state index contributed by atoms with van der Waals surface area (Å²) in [6.07, 6.45) is -3.13. The maximum absolute atomic E-state index is 11.9. The van der Waals surface area contributed by atoms with Crippen molar-refractivity contribution in [3.63, 3.8) is 0 Å². The molecule has 1 atom stereocenters. The van der Waals surface area contributed by atoms with Gasteiger partial charge in [-0.2, -0.15) is 0 Å². The van der Waals surface area contributed by atoms with E-state index in [1.807, 2.05) is 0 Å². The summed E-state index contributed by atoms with van der Waals surface area (Å²) in [6.45, 7) is 0.529. The molecule has 0 spiro atoms. The van der Waals surface area contributed by atoms with Crippen LogP contribution in [0.15, 0.2) is 0 Å². The Labute approximate surface area is 108 Å². The first kappa shape index (κ1) is 14.1. The minimum atomic E-state index is -4.73. The zero-order valence-electron chi connectivity index (χ0n) is 10.4. The van der Waals surface area contributed by atoms with Gasteiger partial charge in [0.1, 0.15) is 5.54 Å². The van der Waals surface area contributed by atoms with Crippen molar-refractivity contribution in [2.45, 2.75) is 31.7 Å². The maximum atomic E-state index is 11.9. The summed E-state index contributed by atoms with van der Waals surface area (Å²) < 4.78 is 39.5. The van der Waals surface area contributed by atoms with E-state index in [0.29, 0.717) is 0 Å². The number of hydrogen-bond acceptors (Lipinski definition) is 3. The van der Waals surface area contributed by atoms with Gasteiger partial charge in [-0.1, -0.05) is 0 Å². The fourth-order valence-corrected chi connectivity index (χ4v) is 2.47. The molecule has 8 heteroatoms. The monoisotopic (exact) mass is 280 g/mol. The second-order valence-corrected chi connectivity index (χ2v) is 4.94. The van der Waals surface area contributed by atoms with Crippen LogP contribution in [0.2, 0.25) is 0 Å². The van der Waals surface area contributed by atoms with Gasteiger partial charge in [-0.25, -0.2) is 0 Å². The summed E-state index contributed by atoms with van der Waals surface area (Å²) in [7, 11) is 0. The largest absolute Gasteiger partial charge is 0.522 e. The smallest absolute Gasteiger partial charge is 0.345 e. The lowest BCUT2D eigenvalue weighted by Crippen LogP contribution is -2.67. The van der Waals surface area contributed by atoms with Gasteiger partial charge in [0.25, 0.3) is 0 Å². The van der Waals surface area contributed by atoms with E-state index in [0.717, 1.165) is 12.8 Å². The van der Waals surface area contributed by atoms with E-state index < -0.39 is 18.5 Å². The maximum Gasteiger partial charge on any atom is 0.522 e. The quantitative estimate of drug-likeness (QED) is 0.822. The Morgan fingerprint density at radius 1 is 1.42 bits per heavy atom. The van der Waals surface area contributed by atoms with Crippen LogP contribution in [0.5, 0.6) is 0 Å². The Morgan fingerprint density at radius 2 is 2.05 bits per heavy atom. The summed E-state index contributed by atoms with van der Waals surface area (Å²) in [5.74, 6) is -0.663. The van der Waals surface area contributed by atoms with Crippen molar-refractivity contribution in [1.29, 1.82) is 0 Å². The Kier molecular flexibility index (Phi) is 3.46. The van der Waals surface area contributed by atoms with Crippen LogP contribution in [0.1, 0.15) is 19.8 Å². The Morgan fingerprint density at radius 3 is 2.58 bits per heavy atom. The summed E-state index contributed by atoms with van der Waals surface area (Å²) in [6, 6.07) is 0. The molecule has 0 aromatic rings. The highest BCUT2D eigenvalue weighted by Crippen LogP contribution is 2.44. The number of nitrogens with one attached hydrogen (secondary N) is 1. The average molecular weight is 280 g/mol. The third-order valence-electron chi connectivity index (χ3n) is 3.67. The van der Waals surface area contributed by atoms with E-state index in [1.165, 1.54) is 4.90 Å². The molecule has 1 N–H and O–H groups in total. The molecule has 2 fully saturated rings. The standard InChI is InChI=1S/C11H15F3N2O3/c1-10(7-2-3-7)9(18)15-6-8(17)16(10)4-5-19-11(12,13)14/h7H,2-6H2,1H3,(H,15,18). The van der Waals surface area contributed by atoms with Gasteiger partial charge < -0.3 is 10.2 Å². The first-order valence-corrected chi connectivity index (χ1v) is 6.04. The van der Waals surface area contributed by atoms with E-state index in [9.17, 15) is 22.8 Å². The number of hydrogen-bond donors (Lipinski definition) is 1. The number of rotatable bonds is 4. The van der Waals surface area contributed by atoms with Gasteiger partial charge in [-0.05, 0) is 25.7 Å². The Balaban J connectivity index is 2.05. The molecule has 2 rings (SSSR count). The fourth-order valence-electron chi connectivity index (χ4n) is 2.47. The predicted molar refractivity (Wildman–Crippen MR) is 57.9 cm³/mol. The zero-order chi connectivity index (χ0) is 14.3. The van der Waals surface area contributed by atoms with Crippen LogP contribution in [0.25, 0.3) is 0 Å². The van der Waals surface area contributed by atoms with E-state index >= 15 is 0 Å². The number of amides is 2. The molecule has 1 saturated carbocycles. The normalized spacial score (nSPS) is 28.5. The highest BCUT2D eigenvalue weighted by atomic mass is 19.4. The number of carbonyl (C=O) groups excluding carboxylic acids is 2. The van der Waals surface area contributed by atoms with Gasteiger partial charge in [0.05, 0.1) is 13.2 Å². The van der Waals surface area contributed by atoms with Gasteiger partial charge >= 0.3 is 6.36 Å². The van der Waals surface area contributed by atoms with Crippen LogP contribution in [0.4, 0.5) is 13.2 Å². The SMILES string of the molecule is CC1(C2CC2)C(=O)NCC(=O)N1CCOC(F)(F)F. The lowest BCUT2D eigenvalue weighted by Gasteiger charge is -2.43. The van der Waals surface area contributed by atoms with Crippen LogP contribution < -0.4 is 5.32 Å². The zero-order valence-corrected chi connectivity index (χ0v) is 10.4. The summed E-state index contributed by atoms with van der Waals surface area (Å²) in [5, 5.41) is 2.49. The van der Waals surface area contributed by atoms with Crippen molar-refractivity contribution in [2.75, 3.05) is 19.7 Å². The molecule has 1 saturated heterocycles. The third kappa shape index (κ3) is 2.83. The summed E-state index contributed by atoms with van der Waals surface area (Å²) in [4.78, 5) is 25.0. The Bertz CT molecular complexity index is 395. The van der Waals surface area contributed by atoms with Crippen molar-refractivity contribution in [2.24, 2.45) is 5.92 Å². The number of ether oxygens (including phenoxy) is 1. The van der Waals surface area contributed by atoms with Gasteiger partial charge in [0.15, 0.2) is 0 Å². The molecule has 108 valence electrons. The van der Waals surface area contributed by atoms with E-state index in [4.69, 9.17) is 0 Å². The van der Waals surface area contributed by atoms with Crippen LogP contribution >= 0.6 is 0 Å². The topological polar surface area (TPSA) is 58.6 Å². The molecule has 0 radical (unpaired) electrons. The number of piperazine rings is 1. The molecule has 0 aromatic carbocycles. The van der Waals surface area contributed by atoms with Crippen LogP contribution in [0, 0.1) is 5.92 Å². The van der Waals surface area contributed by atoms with Crippen molar-refractivity contribution < 1.29 is 27.5 Å². The molecule has 1 aliphatic heterocycles. The van der Waals surface area contributed by atoms with Crippen molar-refractivity contribution >= 4 is 11.8 Å². The summed E-state index contributed by atoms with van der Waals surface area (Å²) >= 11 is 0. The molecule has 19 heavy (non-hydrogen) atoms. The predicted octanol–water partition coefficient (Wildman–Crippen LogP) is 0.650. The first-order valence-electron chi connectivity index (χ1n) is 6.04. The van der Waals surface area contributed by atoms with Crippen LogP contribution in [-0.4, -0.2) is 48.3 Å². The molecule has 1 unspecified atom stereocenters. The molecule has 2 aliphatic rings. The molecule has 0 aromatic heterocycles. The molecule has 2 amide bonds. The minimum absolute atomic E-state index is 0.0163. The van der Waals surface area contributed by atoms with Gasteiger partial charge in [-0.3, -0.25) is 14.3 Å². The molecule has 5 nitrogen and oxygen atoms in total. The second-order valence-electron chi connectivity index (χ2n) is 4.94. The van der Waals surface area contributed by atoms with Crippen molar-refractivity contribution in [3.8, 4) is 0 Å². The first-order chi connectivity index (χ1) is 8.75. The van der Waals surface area contributed by atoms with Gasteiger partial charge in [0, 0.05) is 6.54 Å². The van der Waals surface area contributed by atoms with Crippen LogP contribution in [-0.2, 0) is 14.3 Å². The number of alkyl halides is 3. The van der Waals surface area contributed by atoms with Crippen molar-refractivity contribution in [1.82, 2.24) is 10.2 Å². The van der Waals surface area contributed by atoms with E-state index in [2.05, 4.69) is 10.1 Å². The Hall–Kier alpha value is -1.31. The van der Waals surface area contributed by atoms with Gasteiger partial charge in [0.2, 0.25) is 11.8 Å². The highest BCUT2D eigenvalue weighted by molar-refractivity contribution is 5.98. The fraction of sp³-hybridized carbons (Fsp3) is 0.818. The highest BCUT2D eigenvalue weighted by Gasteiger charge is 2.54. The number of halogens is 3.